The summed E-state index contributed by atoms with van der Waals surface area (Å²) < 4.78 is 13.2. The lowest BCUT2D eigenvalue weighted by Gasteiger charge is -1.96. The topological polar surface area (TPSA) is 23.8 Å². The van der Waals surface area contributed by atoms with Crippen molar-refractivity contribution in [2.45, 2.75) is 0 Å². The van der Waals surface area contributed by atoms with Crippen LogP contribution in [0.2, 0.25) is 5.02 Å². The van der Waals surface area contributed by atoms with E-state index in [0.717, 1.165) is 6.07 Å². The molecule has 0 aliphatic heterocycles. The molecule has 1 rings (SSSR count). The third kappa shape index (κ3) is 1.82. The van der Waals surface area contributed by atoms with E-state index in [1.54, 1.807) is 6.07 Å². The molecule has 0 saturated carbocycles. The maximum Gasteiger partial charge on any atom is 0.137 e. The fraction of sp³-hybridized carbons (Fsp3) is 0. The molecule has 1 nitrogen and oxygen atoms in total. The third-order valence-electron chi connectivity index (χ3n) is 1.13. The molecule has 0 radical (unpaired) electrons. The molecule has 0 bridgehead atoms. The SMILES string of the molecule is N#Cc1cc(F)c(I)cc1Cl. The summed E-state index contributed by atoms with van der Waals surface area (Å²) >= 11 is 7.42. The molecule has 0 heterocycles. The molecule has 0 saturated heterocycles. The maximum absolute atomic E-state index is 12.7. The molecule has 11 heavy (non-hydrogen) atoms. The van der Waals surface area contributed by atoms with Crippen LogP contribution in [0.5, 0.6) is 0 Å². The molecule has 0 spiro atoms. The molecule has 0 aromatic heterocycles. The van der Waals surface area contributed by atoms with Crippen LogP contribution in [0.4, 0.5) is 4.39 Å². The van der Waals surface area contributed by atoms with Gasteiger partial charge in [0, 0.05) is 0 Å². The predicted octanol–water partition coefficient (Wildman–Crippen LogP) is 2.96. The maximum atomic E-state index is 12.7. The molecule has 1 aromatic carbocycles. The van der Waals surface area contributed by atoms with E-state index in [9.17, 15) is 4.39 Å². The van der Waals surface area contributed by atoms with Gasteiger partial charge in [-0.05, 0) is 34.7 Å². The van der Waals surface area contributed by atoms with Crippen LogP contribution in [-0.4, -0.2) is 0 Å². The Balaban J connectivity index is 3.35. The first kappa shape index (κ1) is 8.75. The average molecular weight is 281 g/mol. The van der Waals surface area contributed by atoms with Gasteiger partial charge in [0.2, 0.25) is 0 Å². The summed E-state index contributed by atoms with van der Waals surface area (Å²) in [5, 5.41) is 8.72. The Kier molecular flexibility index (Phi) is 2.68. The molecule has 0 fully saturated rings. The fourth-order valence-corrected chi connectivity index (χ4v) is 1.47. The zero-order chi connectivity index (χ0) is 8.43. The van der Waals surface area contributed by atoms with Crippen LogP contribution in [0.25, 0.3) is 0 Å². The van der Waals surface area contributed by atoms with Gasteiger partial charge in [-0.3, -0.25) is 0 Å². The van der Waals surface area contributed by atoms with Gasteiger partial charge in [0.25, 0.3) is 0 Å². The second-order valence-corrected chi connectivity index (χ2v) is 3.43. The van der Waals surface area contributed by atoms with Crippen molar-refractivity contribution in [1.29, 1.82) is 5.26 Å². The zero-order valence-electron chi connectivity index (χ0n) is 5.24. The molecule has 0 amide bonds. The second kappa shape index (κ2) is 3.37. The molecule has 0 unspecified atom stereocenters. The number of benzene rings is 1. The van der Waals surface area contributed by atoms with Crippen LogP contribution < -0.4 is 0 Å². The third-order valence-corrected chi connectivity index (χ3v) is 2.27. The number of nitriles is 1. The van der Waals surface area contributed by atoms with E-state index in [1.165, 1.54) is 6.07 Å². The van der Waals surface area contributed by atoms with E-state index in [0.29, 0.717) is 8.59 Å². The lowest BCUT2D eigenvalue weighted by molar-refractivity contribution is 0.620. The van der Waals surface area contributed by atoms with Crippen molar-refractivity contribution in [2.75, 3.05) is 0 Å². The van der Waals surface area contributed by atoms with E-state index in [2.05, 4.69) is 0 Å². The van der Waals surface area contributed by atoms with Crippen molar-refractivity contribution < 1.29 is 4.39 Å². The highest BCUT2D eigenvalue weighted by molar-refractivity contribution is 14.1. The average Bonchev–Trinajstić information content (AvgIpc) is 1.97. The lowest BCUT2D eigenvalue weighted by atomic mass is 10.2. The van der Waals surface area contributed by atoms with Crippen molar-refractivity contribution >= 4 is 34.2 Å². The van der Waals surface area contributed by atoms with Gasteiger partial charge < -0.3 is 0 Å². The van der Waals surface area contributed by atoms with Gasteiger partial charge in [-0.2, -0.15) is 5.26 Å². The molecular weight excluding hydrogens is 279 g/mol. The van der Waals surface area contributed by atoms with Gasteiger partial charge in [-0.25, -0.2) is 4.39 Å². The predicted molar refractivity (Wildman–Crippen MR) is 48.8 cm³/mol. The van der Waals surface area contributed by atoms with Gasteiger partial charge in [0.1, 0.15) is 11.9 Å². The first-order chi connectivity index (χ1) is 5.15. The number of hydrogen-bond acceptors (Lipinski definition) is 1. The quantitative estimate of drug-likeness (QED) is 0.530. The van der Waals surface area contributed by atoms with Crippen molar-refractivity contribution in [3.05, 3.63) is 32.1 Å². The van der Waals surface area contributed by atoms with Crippen molar-refractivity contribution in [3.63, 3.8) is 0 Å². The van der Waals surface area contributed by atoms with Crippen molar-refractivity contribution in [3.8, 4) is 6.07 Å². The summed E-state index contributed by atoms with van der Waals surface area (Å²) in [5.74, 6) is -0.411. The number of halogens is 3. The first-order valence-corrected chi connectivity index (χ1v) is 4.15. The molecule has 4 heteroatoms. The van der Waals surface area contributed by atoms with Crippen LogP contribution in [0, 0.1) is 20.7 Å². The summed E-state index contributed by atoms with van der Waals surface area (Å²) in [6.07, 6.45) is 0. The van der Waals surface area contributed by atoms with E-state index in [-0.39, 0.29) is 5.56 Å². The summed E-state index contributed by atoms with van der Waals surface area (Å²) in [5.41, 5.74) is 0.171. The minimum Gasteiger partial charge on any atom is -0.206 e. The number of hydrogen-bond donors (Lipinski definition) is 0. The fourth-order valence-electron chi connectivity index (χ4n) is 0.608. The van der Waals surface area contributed by atoms with Crippen molar-refractivity contribution in [2.24, 2.45) is 0 Å². The van der Waals surface area contributed by atoms with Crippen LogP contribution in [0.3, 0.4) is 0 Å². The summed E-state index contributed by atoms with van der Waals surface area (Å²) in [6, 6.07) is 4.34. The minimum absolute atomic E-state index is 0.171. The Morgan fingerprint density at radius 1 is 1.55 bits per heavy atom. The standard InChI is InChI=1S/C7H2ClFIN/c8-5-2-7(10)6(9)1-4(5)3-11/h1-2H. The summed E-state index contributed by atoms with van der Waals surface area (Å²) in [7, 11) is 0. The molecule has 0 atom stereocenters. The Labute approximate surface area is 81.9 Å². The molecule has 0 aliphatic carbocycles. The van der Waals surface area contributed by atoms with Gasteiger partial charge in [0.15, 0.2) is 0 Å². The van der Waals surface area contributed by atoms with E-state index in [1.807, 2.05) is 22.6 Å². The molecule has 0 aliphatic rings. The Hall–Kier alpha value is -0.340. The van der Waals surface area contributed by atoms with E-state index < -0.39 is 5.82 Å². The molecule has 56 valence electrons. The van der Waals surface area contributed by atoms with Crippen LogP contribution in [-0.2, 0) is 0 Å². The highest BCUT2D eigenvalue weighted by Crippen LogP contribution is 2.20. The number of rotatable bonds is 0. The largest absolute Gasteiger partial charge is 0.206 e. The van der Waals surface area contributed by atoms with Crippen LogP contribution in [0.15, 0.2) is 12.1 Å². The van der Waals surface area contributed by atoms with E-state index >= 15 is 0 Å². The zero-order valence-corrected chi connectivity index (χ0v) is 8.15. The van der Waals surface area contributed by atoms with Gasteiger partial charge in [-0.15, -0.1) is 0 Å². The van der Waals surface area contributed by atoms with Gasteiger partial charge in [0.05, 0.1) is 14.2 Å². The smallest absolute Gasteiger partial charge is 0.137 e. The Morgan fingerprint density at radius 3 is 2.73 bits per heavy atom. The minimum atomic E-state index is -0.411. The summed E-state index contributed by atoms with van der Waals surface area (Å²) in [4.78, 5) is 0. The molecule has 0 N–H and O–H groups in total. The highest BCUT2D eigenvalue weighted by atomic mass is 127. The van der Waals surface area contributed by atoms with Gasteiger partial charge >= 0.3 is 0 Å². The first-order valence-electron chi connectivity index (χ1n) is 2.70. The normalized spacial score (nSPS) is 9.27. The second-order valence-electron chi connectivity index (χ2n) is 1.86. The highest BCUT2D eigenvalue weighted by Gasteiger charge is 2.04. The van der Waals surface area contributed by atoms with E-state index in [4.69, 9.17) is 16.9 Å². The Morgan fingerprint density at radius 2 is 2.18 bits per heavy atom. The monoisotopic (exact) mass is 281 g/mol. The Bertz CT molecular complexity index is 332. The molecule has 1 aromatic rings. The molecular formula is C7H2ClFIN. The van der Waals surface area contributed by atoms with Crippen molar-refractivity contribution in [1.82, 2.24) is 0 Å². The number of nitrogens with zero attached hydrogens (tertiary/aromatic N) is 1. The van der Waals surface area contributed by atoms with Crippen LogP contribution in [0.1, 0.15) is 5.56 Å². The lowest BCUT2D eigenvalue weighted by Crippen LogP contribution is -1.85. The summed E-state index contributed by atoms with van der Waals surface area (Å²) in [6.45, 7) is 0. The van der Waals surface area contributed by atoms with Crippen LogP contribution >= 0.6 is 34.2 Å². The van der Waals surface area contributed by atoms with Gasteiger partial charge in [-0.1, -0.05) is 11.6 Å².